The van der Waals surface area contributed by atoms with Crippen molar-refractivity contribution in [2.75, 3.05) is 18.4 Å². The summed E-state index contributed by atoms with van der Waals surface area (Å²) in [6.45, 7) is 2.13. The maximum Gasteiger partial charge on any atom is 0.288 e. The van der Waals surface area contributed by atoms with Gasteiger partial charge in [0.15, 0.2) is 0 Å². The van der Waals surface area contributed by atoms with Gasteiger partial charge in [0.25, 0.3) is 11.6 Å². The third kappa shape index (κ3) is 4.19. The van der Waals surface area contributed by atoms with Crippen LogP contribution in [0.4, 0.5) is 11.5 Å². The highest BCUT2D eigenvalue weighted by atomic mass is 16.6. The first-order valence-electron chi connectivity index (χ1n) is 5.90. The largest absolute Gasteiger partial charge is 0.369 e. The standard InChI is InChI=1S/C11H15N5O4/c1-2-3-13-10-8(11(18)15-6-9(12)17)4-7(5-14-10)16(19)20/h4-5H,2-3,6H2,1H3,(H2,12,17)(H,13,14)(H,15,18). The van der Waals surface area contributed by atoms with E-state index in [2.05, 4.69) is 15.6 Å². The van der Waals surface area contributed by atoms with E-state index in [9.17, 15) is 19.7 Å². The maximum atomic E-state index is 11.9. The molecule has 0 saturated heterocycles. The second-order valence-electron chi connectivity index (χ2n) is 3.92. The van der Waals surface area contributed by atoms with E-state index >= 15 is 0 Å². The normalized spacial score (nSPS) is 9.85. The fourth-order valence-corrected chi connectivity index (χ4v) is 1.37. The van der Waals surface area contributed by atoms with E-state index in [1.54, 1.807) is 0 Å². The van der Waals surface area contributed by atoms with Crippen LogP contribution in [0.15, 0.2) is 12.3 Å². The zero-order chi connectivity index (χ0) is 15.1. The molecule has 1 heterocycles. The molecule has 0 aliphatic heterocycles. The molecule has 0 atom stereocenters. The summed E-state index contributed by atoms with van der Waals surface area (Å²) in [6, 6.07) is 1.10. The molecule has 1 aromatic heterocycles. The van der Waals surface area contributed by atoms with Gasteiger partial charge < -0.3 is 16.4 Å². The number of rotatable bonds is 7. The van der Waals surface area contributed by atoms with Crippen LogP contribution >= 0.6 is 0 Å². The Morgan fingerprint density at radius 1 is 1.50 bits per heavy atom. The Morgan fingerprint density at radius 3 is 2.75 bits per heavy atom. The minimum atomic E-state index is -0.709. The predicted molar refractivity (Wildman–Crippen MR) is 71.2 cm³/mol. The Kier molecular flexibility index (Phi) is 5.39. The molecule has 4 N–H and O–H groups in total. The van der Waals surface area contributed by atoms with Crippen LogP contribution in [0.5, 0.6) is 0 Å². The molecule has 0 aliphatic carbocycles. The average molecular weight is 281 g/mol. The van der Waals surface area contributed by atoms with E-state index < -0.39 is 16.7 Å². The lowest BCUT2D eigenvalue weighted by Crippen LogP contribution is -2.33. The smallest absolute Gasteiger partial charge is 0.288 e. The van der Waals surface area contributed by atoms with Crippen LogP contribution in [0.1, 0.15) is 23.7 Å². The lowest BCUT2D eigenvalue weighted by atomic mass is 10.2. The highest BCUT2D eigenvalue weighted by Crippen LogP contribution is 2.19. The van der Waals surface area contributed by atoms with Gasteiger partial charge in [-0.1, -0.05) is 6.92 Å². The third-order valence-electron chi connectivity index (χ3n) is 2.29. The molecule has 0 bridgehead atoms. The second-order valence-corrected chi connectivity index (χ2v) is 3.92. The average Bonchev–Trinajstić information content (AvgIpc) is 2.42. The van der Waals surface area contributed by atoms with Gasteiger partial charge in [0.2, 0.25) is 5.91 Å². The number of hydrogen-bond acceptors (Lipinski definition) is 6. The first-order chi connectivity index (χ1) is 9.45. The number of hydrogen-bond donors (Lipinski definition) is 3. The van der Waals surface area contributed by atoms with E-state index in [0.29, 0.717) is 6.54 Å². The molecule has 0 saturated carbocycles. The number of nitro groups is 1. The Labute approximate surface area is 114 Å². The number of anilines is 1. The van der Waals surface area contributed by atoms with Gasteiger partial charge in [-0.05, 0) is 6.42 Å². The number of amides is 2. The van der Waals surface area contributed by atoms with Crippen molar-refractivity contribution in [3.63, 3.8) is 0 Å². The molecular weight excluding hydrogens is 266 g/mol. The molecule has 0 aromatic carbocycles. The fourth-order valence-electron chi connectivity index (χ4n) is 1.37. The van der Waals surface area contributed by atoms with Crippen molar-refractivity contribution < 1.29 is 14.5 Å². The Bertz CT molecular complexity index is 532. The van der Waals surface area contributed by atoms with Gasteiger partial charge in [0, 0.05) is 12.6 Å². The number of nitrogens with zero attached hydrogens (tertiary/aromatic N) is 2. The Balaban J connectivity index is 3.03. The van der Waals surface area contributed by atoms with E-state index in [1.165, 1.54) is 0 Å². The molecule has 0 spiro atoms. The fraction of sp³-hybridized carbons (Fsp3) is 0.364. The molecule has 0 aliphatic rings. The number of nitrogens with one attached hydrogen (secondary N) is 2. The topological polar surface area (TPSA) is 140 Å². The molecule has 20 heavy (non-hydrogen) atoms. The summed E-state index contributed by atoms with van der Waals surface area (Å²) in [5, 5.41) is 15.9. The van der Waals surface area contributed by atoms with Crippen LogP contribution in [0.3, 0.4) is 0 Å². The zero-order valence-corrected chi connectivity index (χ0v) is 10.9. The summed E-state index contributed by atoms with van der Waals surface area (Å²) in [5.41, 5.74) is 4.61. The highest BCUT2D eigenvalue weighted by molar-refractivity contribution is 6.00. The van der Waals surface area contributed by atoms with E-state index in [0.717, 1.165) is 18.7 Å². The highest BCUT2D eigenvalue weighted by Gasteiger charge is 2.18. The van der Waals surface area contributed by atoms with Crippen molar-refractivity contribution in [2.24, 2.45) is 5.73 Å². The molecule has 1 aromatic rings. The van der Waals surface area contributed by atoms with Crippen molar-refractivity contribution in [3.8, 4) is 0 Å². The molecular formula is C11H15N5O4. The molecule has 0 radical (unpaired) electrons. The number of carbonyl (C=O) groups excluding carboxylic acids is 2. The van der Waals surface area contributed by atoms with Crippen LogP contribution in [-0.2, 0) is 4.79 Å². The van der Waals surface area contributed by atoms with Crippen molar-refractivity contribution >= 4 is 23.3 Å². The molecule has 0 unspecified atom stereocenters. The van der Waals surface area contributed by atoms with Crippen molar-refractivity contribution in [2.45, 2.75) is 13.3 Å². The minimum absolute atomic E-state index is 0.00565. The van der Waals surface area contributed by atoms with Gasteiger partial charge in [-0.2, -0.15) is 0 Å². The second kappa shape index (κ2) is 7.02. The van der Waals surface area contributed by atoms with Crippen LogP contribution in [0, 0.1) is 10.1 Å². The molecule has 108 valence electrons. The molecule has 9 heteroatoms. The van der Waals surface area contributed by atoms with Crippen LogP contribution in [-0.4, -0.2) is 34.8 Å². The summed E-state index contributed by atoms with van der Waals surface area (Å²) < 4.78 is 0. The van der Waals surface area contributed by atoms with Gasteiger partial charge in [0.05, 0.1) is 17.0 Å². The van der Waals surface area contributed by atoms with Crippen LogP contribution in [0.2, 0.25) is 0 Å². The Hall–Kier alpha value is -2.71. The monoisotopic (exact) mass is 281 g/mol. The lowest BCUT2D eigenvalue weighted by Gasteiger charge is -2.09. The first-order valence-corrected chi connectivity index (χ1v) is 5.90. The molecule has 2 amide bonds. The summed E-state index contributed by atoms with van der Waals surface area (Å²) >= 11 is 0. The van der Waals surface area contributed by atoms with E-state index in [-0.39, 0.29) is 23.6 Å². The van der Waals surface area contributed by atoms with Crippen molar-refractivity contribution in [3.05, 3.63) is 27.9 Å². The summed E-state index contributed by atoms with van der Waals surface area (Å²) in [7, 11) is 0. The SMILES string of the molecule is CCCNc1ncc([N+](=O)[O-])cc1C(=O)NCC(N)=O. The predicted octanol–water partition coefficient (Wildman–Crippen LogP) is 0.0268. The molecule has 0 fully saturated rings. The van der Waals surface area contributed by atoms with E-state index in [1.807, 2.05) is 6.92 Å². The van der Waals surface area contributed by atoms with Gasteiger partial charge in [-0.25, -0.2) is 4.98 Å². The van der Waals surface area contributed by atoms with Crippen molar-refractivity contribution in [1.82, 2.24) is 10.3 Å². The van der Waals surface area contributed by atoms with E-state index in [4.69, 9.17) is 5.73 Å². The third-order valence-corrected chi connectivity index (χ3v) is 2.29. The van der Waals surface area contributed by atoms with Crippen molar-refractivity contribution in [1.29, 1.82) is 0 Å². The lowest BCUT2D eigenvalue weighted by molar-refractivity contribution is -0.385. The van der Waals surface area contributed by atoms with Crippen LogP contribution < -0.4 is 16.4 Å². The number of primary amides is 1. The number of aromatic nitrogens is 1. The quantitative estimate of drug-likeness (QED) is 0.475. The zero-order valence-electron chi connectivity index (χ0n) is 10.9. The van der Waals surface area contributed by atoms with Gasteiger partial charge in [0.1, 0.15) is 12.0 Å². The summed E-state index contributed by atoms with van der Waals surface area (Å²) in [6.07, 6.45) is 1.85. The molecule has 9 nitrogen and oxygen atoms in total. The first kappa shape index (κ1) is 15.3. The van der Waals surface area contributed by atoms with Gasteiger partial charge >= 0.3 is 0 Å². The minimum Gasteiger partial charge on any atom is -0.369 e. The summed E-state index contributed by atoms with van der Waals surface area (Å²) in [4.78, 5) is 36.4. The van der Waals surface area contributed by atoms with Crippen LogP contribution in [0.25, 0.3) is 0 Å². The Morgan fingerprint density at radius 2 is 2.20 bits per heavy atom. The number of pyridine rings is 1. The van der Waals surface area contributed by atoms with Gasteiger partial charge in [-0.15, -0.1) is 0 Å². The number of carbonyl (C=O) groups is 2. The van der Waals surface area contributed by atoms with Gasteiger partial charge in [-0.3, -0.25) is 19.7 Å². The maximum absolute atomic E-state index is 11.9. The number of nitrogens with two attached hydrogens (primary N) is 1. The molecule has 1 rings (SSSR count). The summed E-state index contributed by atoms with van der Waals surface area (Å²) in [5.74, 6) is -1.14.